The lowest BCUT2D eigenvalue weighted by atomic mass is 9.90. The Hall–Kier alpha value is -3.21. The number of carbonyl (C=O) groups is 1. The SMILES string of the molecule is CCOC(=O)C1=C(C)N=c2s/c(=C\c3cc(Br)c(OCC)c(Br)c3)c(=O)n2[C@@H]1c1c(OC)ccc2ccccc12. The number of carbonyl (C=O) groups excluding carboxylic acids is 1. The predicted octanol–water partition coefficient (Wildman–Crippen LogP) is 5.88. The summed E-state index contributed by atoms with van der Waals surface area (Å²) in [6, 6.07) is 14.7. The van der Waals surface area contributed by atoms with Crippen molar-refractivity contribution in [1.29, 1.82) is 0 Å². The molecule has 4 aromatic rings. The molecule has 0 amide bonds. The first-order chi connectivity index (χ1) is 19.3. The highest BCUT2D eigenvalue weighted by atomic mass is 79.9. The number of benzene rings is 3. The summed E-state index contributed by atoms with van der Waals surface area (Å²) in [6.45, 7) is 6.16. The highest BCUT2D eigenvalue weighted by Gasteiger charge is 2.36. The molecule has 10 heteroatoms. The molecular weight excluding hydrogens is 660 g/mol. The minimum absolute atomic E-state index is 0.195. The normalized spacial score (nSPS) is 15.2. The van der Waals surface area contributed by atoms with Crippen LogP contribution in [0.15, 0.2) is 78.5 Å². The van der Waals surface area contributed by atoms with Gasteiger partial charge < -0.3 is 14.2 Å². The van der Waals surface area contributed by atoms with Gasteiger partial charge in [-0.15, -0.1) is 0 Å². The summed E-state index contributed by atoms with van der Waals surface area (Å²) < 4.78 is 20.6. The number of thiazole rings is 1. The van der Waals surface area contributed by atoms with E-state index in [1.54, 1.807) is 25.5 Å². The molecular formula is C30H26Br2N2O5S. The topological polar surface area (TPSA) is 79.1 Å². The van der Waals surface area contributed by atoms with Gasteiger partial charge in [0.05, 0.1) is 45.1 Å². The Kier molecular flexibility index (Phi) is 8.30. The van der Waals surface area contributed by atoms with E-state index in [1.807, 2.05) is 61.5 Å². The standard InChI is InChI=1S/C30H26Br2N2O5S/c1-5-38-27-20(31)13-17(14-21(27)32)15-23-28(35)34-26(24(29(36)39-6-2)16(3)33-30(34)40-23)25-19-10-8-7-9-18(19)11-12-22(25)37-4/h7-15,26H,5-6H2,1-4H3/b23-15-/t26-/m0/s1. The number of methoxy groups -OCH3 is 1. The van der Waals surface area contributed by atoms with Gasteiger partial charge in [-0.2, -0.15) is 0 Å². The molecule has 206 valence electrons. The van der Waals surface area contributed by atoms with Crippen molar-refractivity contribution in [1.82, 2.24) is 4.57 Å². The Morgan fingerprint density at radius 1 is 1.10 bits per heavy atom. The fourth-order valence-corrected chi connectivity index (χ4v) is 7.39. The summed E-state index contributed by atoms with van der Waals surface area (Å²) in [6.07, 6.45) is 1.82. The van der Waals surface area contributed by atoms with Crippen molar-refractivity contribution >= 4 is 66.0 Å². The number of halogens is 2. The molecule has 1 atom stereocenters. The van der Waals surface area contributed by atoms with Gasteiger partial charge in [0.1, 0.15) is 17.5 Å². The number of ether oxygens (including phenoxy) is 3. The lowest BCUT2D eigenvalue weighted by Gasteiger charge is -2.27. The maximum Gasteiger partial charge on any atom is 0.338 e. The fraction of sp³-hybridized carbons (Fsp3) is 0.233. The molecule has 40 heavy (non-hydrogen) atoms. The second-order valence-electron chi connectivity index (χ2n) is 8.95. The molecule has 2 heterocycles. The molecule has 5 rings (SSSR count). The van der Waals surface area contributed by atoms with Gasteiger partial charge in [0.2, 0.25) is 0 Å². The minimum atomic E-state index is -0.794. The van der Waals surface area contributed by atoms with Crippen molar-refractivity contribution in [2.75, 3.05) is 20.3 Å². The summed E-state index contributed by atoms with van der Waals surface area (Å²) in [4.78, 5) is 32.7. The fourth-order valence-electron chi connectivity index (χ4n) is 4.90. The van der Waals surface area contributed by atoms with E-state index in [-0.39, 0.29) is 12.2 Å². The summed E-state index contributed by atoms with van der Waals surface area (Å²) in [7, 11) is 1.58. The number of fused-ring (bicyclic) bond motifs is 2. The summed E-state index contributed by atoms with van der Waals surface area (Å²) in [5.74, 6) is 0.741. The van der Waals surface area contributed by atoms with Gasteiger partial charge in [-0.3, -0.25) is 9.36 Å². The van der Waals surface area contributed by atoms with Crippen LogP contribution < -0.4 is 24.4 Å². The smallest absolute Gasteiger partial charge is 0.338 e. The molecule has 1 aliphatic heterocycles. The molecule has 0 saturated heterocycles. The first kappa shape index (κ1) is 28.3. The maximum absolute atomic E-state index is 14.1. The van der Waals surface area contributed by atoms with Crippen molar-refractivity contribution < 1.29 is 19.0 Å². The molecule has 7 nitrogen and oxygen atoms in total. The molecule has 3 aromatic carbocycles. The third-order valence-electron chi connectivity index (χ3n) is 6.55. The minimum Gasteiger partial charge on any atom is -0.496 e. The van der Waals surface area contributed by atoms with Crippen LogP contribution in [-0.2, 0) is 9.53 Å². The van der Waals surface area contributed by atoms with Crippen LogP contribution in [0.25, 0.3) is 16.8 Å². The van der Waals surface area contributed by atoms with E-state index in [0.717, 1.165) is 25.3 Å². The second-order valence-corrected chi connectivity index (χ2v) is 11.7. The van der Waals surface area contributed by atoms with Gasteiger partial charge in [-0.1, -0.05) is 41.7 Å². The first-order valence-corrected chi connectivity index (χ1v) is 15.1. The van der Waals surface area contributed by atoms with Crippen molar-refractivity contribution in [2.45, 2.75) is 26.8 Å². The van der Waals surface area contributed by atoms with Gasteiger partial charge in [0, 0.05) is 5.56 Å². The number of aromatic nitrogens is 1. The molecule has 0 fully saturated rings. The second kappa shape index (κ2) is 11.7. The van der Waals surface area contributed by atoms with Gasteiger partial charge in [0.25, 0.3) is 5.56 Å². The average molecular weight is 686 g/mol. The van der Waals surface area contributed by atoms with E-state index in [1.165, 1.54) is 11.3 Å². The van der Waals surface area contributed by atoms with E-state index < -0.39 is 12.0 Å². The van der Waals surface area contributed by atoms with Crippen LogP contribution in [0.4, 0.5) is 0 Å². The van der Waals surface area contributed by atoms with Crippen molar-refractivity contribution in [2.24, 2.45) is 4.99 Å². The number of rotatable bonds is 7. The number of nitrogens with zero attached hydrogens (tertiary/aromatic N) is 2. The maximum atomic E-state index is 14.1. The molecule has 0 bridgehead atoms. The summed E-state index contributed by atoms with van der Waals surface area (Å²) in [5, 5.41) is 1.83. The monoisotopic (exact) mass is 684 g/mol. The van der Waals surface area contributed by atoms with E-state index in [4.69, 9.17) is 19.2 Å². The van der Waals surface area contributed by atoms with Crippen LogP contribution in [-0.4, -0.2) is 30.9 Å². The third kappa shape index (κ3) is 5.04. The zero-order valence-electron chi connectivity index (χ0n) is 22.3. The van der Waals surface area contributed by atoms with Crippen LogP contribution >= 0.6 is 43.2 Å². The number of hydrogen-bond donors (Lipinski definition) is 0. The molecule has 0 saturated carbocycles. The largest absolute Gasteiger partial charge is 0.496 e. The van der Waals surface area contributed by atoms with Gasteiger partial charge >= 0.3 is 5.97 Å². The molecule has 1 aromatic heterocycles. The molecule has 1 aliphatic rings. The quantitative estimate of drug-likeness (QED) is 0.227. The predicted molar refractivity (Wildman–Crippen MR) is 164 cm³/mol. The van der Waals surface area contributed by atoms with E-state index >= 15 is 0 Å². The van der Waals surface area contributed by atoms with Crippen LogP contribution in [0.2, 0.25) is 0 Å². The Labute approximate surface area is 251 Å². The molecule has 0 radical (unpaired) electrons. The molecule has 0 spiro atoms. The van der Waals surface area contributed by atoms with Gasteiger partial charge in [-0.25, -0.2) is 9.79 Å². The third-order valence-corrected chi connectivity index (χ3v) is 8.71. The highest BCUT2D eigenvalue weighted by molar-refractivity contribution is 9.11. The zero-order valence-corrected chi connectivity index (χ0v) is 26.3. The van der Waals surface area contributed by atoms with Crippen LogP contribution in [0.3, 0.4) is 0 Å². The number of allylic oxidation sites excluding steroid dienone is 1. The number of esters is 1. The van der Waals surface area contributed by atoms with Crippen LogP contribution in [0.5, 0.6) is 11.5 Å². The van der Waals surface area contributed by atoms with Gasteiger partial charge in [-0.05, 0) is 93.2 Å². The Bertz CT molecular complexity index is 1840. The Morgan fingerprint density at radius 3 is 2.50 bits per heavy atom. The molecule has 0 unspecified atom stereocenters. The van der Waals surface area contributed by atoms with Crippen LogP contribution in [0.1, 0.15) is 37.9 Å². The van der Waals surface area contributed by atoms with Crippen molar-refractivity contribution in [3.05, 3.63) is 99.6 Å². The summed E-state index contributed by atoms with van der Waals surface area (Å²) in [5.41, 5.74) is 2.05. The molecule has 0 N–H and O–H groups in total. The van der Waals surface area contributed by atoms with E-state index in [2.05, 4.69) is 31.9 Å². The van der Waals surface area contributed by atoms with E-state index in [0.29, 0.717) is 44.3 Å². The van der Waals surface area contributed by atoms with Crippen LogP contribution in [0, 0.1) is 0 Å². The lowest BCUT2D eigenvalue weighted by molar-refractivity contribution is -0.139. The zero-order chi connectivity index (χ0) is 28.6. The first-order valence-electron chi connectivity index (χ1n) is 12.7. The number of hydrogen-bond acceptors (Lipinski definition) is 7. The Balaban J connectivity index is 1.80. The molecule has 0 aliphatic carbocycles. The van der Waals surface area contributed by atoms with Gasteiger partial charge in [0.15, 0.2) is 4.80 Å². The lowest BCUT2D eigenvalue weighted by Crippen LogP contribution is -2.40. The summed E-state index contributed by atoms with van der Waals surface area (Å²) >= 11 is 8.41. The Morgan fingerprint density at radius 2 is 1.82 bits per heavy atom. The van der Waals surface area contributed by atoms with Crippen molar-refractivity contribution in [3.8, 4) is 11.5 Å². The average Bonchev–Trinajstić information content (AvgIpc) is 3.23. The van der Waals surface area contributed by atoms with Crippen molar-refractivity contribution in [3.63, 3.8) is 0 Å². The highest BCUT2D eigenvalue weighted by Crippen LogP contribution is 2.40. The van der Waals surface area contributed by atoms with E-state index in [9.17, 15) is 9.59 Å².